The summed E-state index contributed by atoms with van der Waals surface area (Å²) >= 11 is 1.62. The lowest BCUT2D eigenvalue weighted by Crippen LogP contribution is -2.11. The molecule has 1 amide bonds. The molecule has 27 heavy (non-hydrogen) atoms. The molecule has 1 N–H and O–H groups in total. The van der Waals surface area contributed by atoms with Crippen molar-refractivity contribution in [2.75, 3.05) is 5.32 Å². The predicted octanol–water partition coefficient (Wildman–Crippen LogP) is 6.04. The number of carbonyl (C=O) groups is 1. The zero-order valence-electron chi connectivity index (χ0n) is 14.8. The molecule has 4 aromatic rings. The van der Waals surface area contributed by atoms with Crippen LogP contribution in [0.3, 0.4) is 0 Å². The van der Waals surface area contributed by atoms with Crippen molar-refractivity contribution in [3.05, 3.63) is 95.4 Å². The summed E-state index contributed by atoms with van der Waals surface area (Å²) in [6.07, 6.45) is 0. The van der Waals surface area contributed by atoms with E-state index in [1.165, 1.54) is 0 Å². The maximum Gasteiger partial charge on any atom is 0.255 e. The summed E-state index contributed by atoms with van der Waals surface area (Å²) in [5.74, 6) is -0.115. The predicted molar refractivity (Wildman–Crippen MR) is 112 cm³/mol. The number of amides is 1. The second-order valence-corrected chi connectivity index (χ2v) is 7.16. The summed E-state index contributed by atoms with van der Waals surface area (Å²) in [7, 11) is 0. The van der Waals surface area contributed by atoms with Crippen molar-refractivity contribution in [1.29, 1.82) is 0 Å². The number of rotatable bonds is 4. The molecule has 0 aliphatic carbocycles. The topological polar surface area (TPSA) is 42.0 Å². The monoisotopic (exact) mass is 370 g/mol. The molecule has 0 bridgehead atoms. The maximum absolute atomic E-state index is 12.4. The highest BCUT2D eigenvalue weighted by Gasteiger charge is 2.09. The van der Waals surface area contributed by atoms with Gasteiger partial charge >= 0.3 is 0 Å². The maximum atomic E-state index is 12.4. The molecule has 0 fully saturated rings. The number of anilines is 1. The quantitative estimate of drug-likeness (QED) is 0.476. The number of thiazole rings is 1. The van der Waals surface area contributed by atoms with E-state index < -0.39 is 0 Å². The minimum Gasteiger partial charge on any atom is -0.322 e. The van der Waals surface area contributed by atoms with E-state index in [0.29, 0.717) is 5.56 Å². The van der Waals surface area contributed by atoms with Gasteiger partial charge in [0, 0.05) is 27.8 Å². The molecule has 1 heterocycles. The number of aromatic nitrogens is 1. The largest absolute Gasteiger partial charge is 0.322 e. The van der Waals surface area contributed by atoms with Crippen LogP contribution < -0.4 is 5.32 Å². The fraction of sp³-hybridized carbons (Fsp3) is 0.0435. The van der Waals surface area contributed by atoms with Gasteiger partial charge in [0.15, 0.2) is 0 Å². The summed E-state index contributed by atoms with van der Waals surface area (Å²) in [6.45, 7) is 2.00. The van der Waals surface area contributed by atoms with Crippen LogP contribution in [0.1, 0.15) is 15.9 Å². The van der Waals surface area contributed by atoms with Gasteiger partial charge in [0.1, 0.15) is 5.01 Å². The van der Waals surface area contributed by atoms with Gasteiger partial charge in [-0.15, -0.1) is 11.3 Å². The molecule has 0 saturated heterocycles. The average Bonchev–Trinajstić information content (AvgIpc) is 3.20. The van der Waals surface area contributed by atoms with Crippen LogP contribution in [-0.2, 0) is 0 Å². The molecule has 0 saturated carbocycles. The van der Waals surface area contributed by atoms with E-state index in [1.807, 2.05) is 79.0 Å². The van der Waals surface area contributed by atoms with Crippen LogP contribution in [0.15, 0.2) is 84.2 Å². The molecule has 0 aliphatic heterocycles. The van der Waals surface area contributed by atoms with Crippen LogP contribution in [0.5, 0.6) is 0 Å². The summed E-state index contributed by atoms with van der Waals surface area (Å²) < 4.78 is 0. The lowest BCUT2D eigenvalue weighted by atomic mass is 10.1. The summed E-state index contributed by atoms with van der Waals surface area (Å²) in [5.41, 5.74) is 5.53. The van der Waals surface area contributed by atoms with Crippen LogP contribution in [0.4, 0.5) is 5.69 Å². The Labute approximate surface area is 162 Å². The summed E-state index contributed by atoms with van der Waals surface area (Å²) in [4.78, 5) is 17.2. The van der Waals surface area contributed by atoms with Gasteiger partial charge in [0.25, 0.3) is 5.91 Å². The highest BCUT2D eigenvalue weighted by Crippen LogP contribution is 2.29. The molecule has 0 spiro atoms. The summed E-state index contributed by atoms with van der Waals surface area (Å²) in [6, 6.07) is 25.5. The van der Waals surface area contributed by atoms with Crippen molar-refractivity contribution in [2.24, 2.45) is 0 Å². The van der Waals surface area contributed by atoms with Gasteiger partial charge in [-0.05, 0) is 31.2 Å². The van der Waals surface area contributed by atoms with Crippen molar-refractivity contribution in [1.82, 2.24) is 4.98 Å². The van der Waals surface area contributed by atoms with Crippen LogP contribution in [0.2, 0.25) is 0 Å². The van der Waals surface area contributed by atoms with E-state index in [0.717, 1.165) is 33.1 Å². The number of hydrogen-bond acceptors (Lipinski definition) is 3. The van der Waals surface area contributed by atoms with E-state index in [2.05, 4.69) is 17.4 Å². The smallest absolute Gasteiger partial charge is 0.255 e. The Hall–Kier alpha value is -3.24. The molecule has 0 atom stereocenters. The fourth-order valence-corrected chi connectivity index (χ4v) is 3.62. The third kappa shape index (κ3) is 3.96. The van der Waals surface area contributed by atoms with Crippen molar-refractivity contribution in [3.8, 4) is 21.8 Å². The first kappa shape index (κ1) is 17.2. The van der Waals surface area contributed by atoms with E-state index >= 15 is 0 Å². The highest BCUT2D eigenvalue weighted by molar-refractivity contribution is 7.13. The van der Waals surface area contributed by atoms with Gasteiger partial charge in [-0.25, -0.2) is 4.98 Å². The lowest BCUT2D eigenvalue weighted by molar-refractivity contribution is 0.102. The fourth-order valence-electron chi connectivity index (χ4n) is 2.78. The Morgan fingerprint density at radius 3 is 2.41 bits per heavy atom. The zero-order valence-corrected chi connectivity index (χ0v) is 15.7. The molecule has 132 valence electrons. The van der Waals surface area contributed by atoms with Gasteiger partial charge in [0.2, 0.25) is 0 Å². The van der Waals surface area contributed by atoms with Gasteiger partial charge in [0.05, 0.1) is 5.69 Å². The first-order valence-electron chi connectivity index (χ1n) is 8.68. The minimum atomic E-state index is -0.115. The molecule has 0 radical (unpaired) electrons. The van der Waals surface area contributed by atoms with E-state index in [9.17, 15) is 4.79 Å². The van der Waals surface area contributed by atoms with Crippen LogP contribution in [0.25, 0.3) is 21.8 Å². The van der Waals surface area contributed by atoms with Crippen molar-refractivity contribution in [2.45, 2.75) is 6.92 Å². The Morgan fingerprint density at radius 1 is 0.889 bits per heavy atom. The molecule has 3 nitrogen and oxygen atoms in total. The Morgan fingerprint density at radius 2 is 1.63 bits per heavy atom. The number of aryl methyl sites for hydroxylation is 1. The third-order valence-electron chi connectivity index (χ3n) is 4.25. The summed E-state index contributed by atoms with van der Waals surface area (Å²) in [5, 5.41) is 5.99. The number of nitrogens with zero attached hydrogens (tertiary/aromatic N) is 1. The van der Waals surface area contributed by atoms with E-state index in [4.69, 9.17) is 4.98 Å². The van der Waals surface area contributed by atoms with Crippen LogP contribution in [-0.4, -0.2) is 10.9 Å². The second-order valence-electron chi connectivity index (χ2n) is 6.30. The number of benzene rings is 3. The molecule has 1 aromatic heterocycles. The first-order valence-corrected chi connectivity index (χ1v) is 9.56. The molecule has 4 rings (SSSR count). The zero-order chi connectivity index (χ0) is 18.6. The Kier molecular flexibility index (Phi) is 4.81. The van der Waals surface area contributed by atoms with Crippen LogP contribution in [0, 0.1) is 6.92 Å². The average molecular weight is 370 g/mol. The second kappa shape index (κ2) is 7.56. The Balaban J connectivity index is 1.55. The van der Waals surface area contributed by atoms with Crippen molar-refractivity contribution in [3.63, 3.8) is 0 Å². The van der Waals surface area contributed by atoms with Gasteiger partial charge < -0.3 is 5.32 Å². The normalized spacial score (nSPS) is 10.6. The molecule has 4 heteroatoms. The minimum absolute atomic E-state index is 0.115. The molecule has 0 unspecified atom stereocenters. The van der Waals surface area contributed by atoms with Crippen LogP contribution >= 0.6 is 11.3 Å². The molecular formula is C23H18N2OS. The van der Waals surface area contributed by atoms with Gasteiger partial charge in [-0.2, -0.15) is 0 Å². The van der Waals surface area contributed by atoms with Gasteiger partial charge in [-0.1, -0.05) is 60.2 Å². The molecule has 3 aromatic carbocycles. The number of carbonyl (C=O) groups excluding carboxylic acids is 1. The van der Waals surface area contributed by atoms with E-state index in [1.54, 1.807) is 11.3 Å². The Bertz CT molecular complexity index is 1070. The standard InChI is InChI=1S/C23H18N2OS/c1-16-10-12-17(13-11-16)22(26)24-20-9-5-8-19(14-20)21-15-27-23(25-21)18-6-3-2-4-7-18/h2-15H,1H3,(H,24,26). The lowest BCUT2D eigenvalue weighted by Gasteiger charge is -2.07. The SMILES string of the molecule is Cc1ccc(C(=O)Nc2cccc(-c3csc(-c4ccccc4)n3)c2)cc1. The van der Waals surface area contributed by atoms with Gasteiger partial charge in [-0.3, -0.25) is 4.79 Å². The van der Waals surface area contributed by atoms with E-state index in [-0.39, 0.29) is 5.91 Å². The van der Waals surface area contributed by atoms with Crippen molar-refractivity contribution < 1.29 is 4.79 Å². The molecule has 0 aliphatic rings. The first-order chi connectivity index (χ1) is 13.2. The number of nitrogens with one attached hydrogen (secondary N) is 1. The third-order valence-corrected chi connectivity index (χ3v) is 5.15. The van der Waals surface area contributed by atoms with Crippen molar-refractivity contribution >= 4 is 22.9 Å². The number of hydrogen-bond donors (Lipinski definition) is 1. The molecular weight excluding hydrogens is 352 g/mol. The highest BCUT2D eigenvalue weighted by atomic mass is 32.1.